The first-order chi connectivity index (χ1) is 10.8. The van der Waals surface area contributed by atoms with Crippen molar-refractivity contribution in [3.05, 3.63) is 53.6 Å². The van der Waals surface area contributed by atoms with Crippen molar-refractivity contribution in [2.24, 2.45) is 0 Å². The van der Waals surface area contributed by atoms with Gasteiger partial charge in [0, 0.05) is 30.6 Å². The standard InChI is InChI=1S/C18H21NO3/c1-20-14-5-3-13(4-6-14)12-19-17-9-10-22-18-11-15(21-2)7-8-16(17)18/h3-8,11,17,19H,9-10,12H2,1-2H3. The Hall–Kier alpha value is -2.20. The number of fused-ring (bicyclic) bond motifs is 1. The Bertz CT molecular complexity index is 625. The molecular weight excluding hydrogens is 278 g/mol. The van der Waals surface area contributed by atoms with Gasteiger partial charge in [0.05, 0.1) is 20.8 Å². The van der Waals surface area contributed by atoms with Gasteiger partial charge in [-0.25, -0.2) is 0 Å². The van der Waals surface area contributed by atoms with Crippen LogP contribution in [0.3, 0.4) is 0 Å². The van der Waals surface area contributed by atoms with Crippen LogP contribution in [0.15, 0.2) is 42.5 Å². The summed E-state index contributed by atoms with van der Waals surface area (Å²) in [5, 5.41) is 3.61. The van der Waals surface area contributed by atoms with Crippen LogP contribution in [0.4, 0.5) is 0 Å². The minimum Gasteiger partial charge on any atom is -0.497 e. The summed E-state index contributed by atoms with van der Waals surface area (Å²) in [4.78, 5) is 0. The number of rotatable bonds is 5. The molecule has 0 saturated carbocycles. The maximum absolute atomic E-state index is 5.74. The van der Waals surface area contributed by atoms with E-state index in [1.807, 2.05) is 24.3 Å². The highest BCUT2D eigenvalue weighted by atomic mass is 16.5. The molecule has 1 heterocycles. The molecule has 1 aliphatic heterocycles. The molecule has 3 rings (SSSR count). The van der Waals surface area contributed by atoms with Gasteiger partial charge >= 0.3 is 0 Å². The second kappa shape index (κ2) is 6.71. The quantitative estimate of drug-likeness (QED) is 0.919. The topological polar surface area (TPSA) is 39.7 Å². The molecule has 0 aromatic heterocycles. The van der Waals surface area contributed by atoms with Gasteiger partial charge in [0.15, 0.2) is 0 Å². The average molecular weight is 299 g/mol. The second-order valence-corrected chi connectivity index (χ2v) is 5.32. The van der Waals surface area contributed by atoms with Gasteiger partial charge in [-0.3, -0.25) is 0 Å². The van der Waals surface area contributed by atoms with E-state index in [4.69, 9.17) is 14.2 Å². The predicted octanol–water partition coefficient (Wildman–Crippen LogP) is 3.32. The fourth-order valence-corrected chi connectivity index (χ4v) is 2.69. The van der Waals surface area contributed by atoms with Crippen molar-refractivity contribution in [2.75, 3.05) is 20.8 Å². The van der Waals surface area contributed by atoms with Crippen LogP contribution in [0.2, 0.25) is 0 Å². The Morgan fingerprint density at radius 3 is 2.50 bits per heavy atom. The van der Waals surface area contributed by atoms with Gasteiger partial charge in [-0.2, -0.15) is 0 Å². The largest absolute Gasteiger partial charge is 0.497 e. The first-order valence-corrected chi connectivity index (χ1v) is 7.47. The minimum atomic E-state index is 0.303. The van der Waals surface area contributed by atoms with Crippen molar-refractivity contribution in [3.8, 4) is 17.2 Å². The van der Waals surface area contributed by atoms with Crippen molar-refractivity contribution in [3.63, 3.8) is 0 Å². The monoisotopic (exact) mass is 299 g/mol. The summed E-state index contributed by atoms with van der Waals surface area (Å²) in [6.07, 6.45) is 0.968. The Kier molecular flexibility index (Phi) is 4.49. The van der Waals surface area contributed by atoms with Gasteiger partial charge in [-0.1, -0.05) is 18.2 Å². The van der Waals surface area contributed by atoms with E-state index in [9.17, 15) is 0 Å². The summed E-state index contributed by atoms with van der Waals surface area (Å²) in [5.41, 5.74) is 2.43. The molecule has 1 unspecified atom stereocenters. The second-order valence-electron chi connectivity index (χ2n) is 5.32. The zero-order valence-corrected chi connectivity index (χ0v) is 13.0. The van der Waals surface area contributed by atoms with E-state index in [1.54, 1.807) is 14.2 Å². The van der Waals surface area contributed by atoms with Crippen molar-refractivity contribution in [2.45, 2.75) is 19.0 Å². The highest BCUT2D eigenvalue weighted by Gasteiger charge is 2.21. The summed E-state index contributed by atoms with van der Waals surface area (Å²) in [5.74, 6) is 2.62. The third kappa shape index (κ3) is 3.17. The van der Waals surface area contributed by atoms with E-state index in [0.717, 1.165) is 36.8 Å². The summed E-state index contributed by atoms with van der Waals surface area (Å²) < 4.78 is 16.2. The number of methoxy groups -OCH3 is 2. The minimum absolute atomic E-state index is 0.303. The highest BCUT2D eigenvalue weighted by molar-refractivity contribution is 5.43. The van der Waals surface area contributed by atoms with Crippen molar-refractivity contribution in [1.82, 2.24) is 5.32 Å². The highest BCUT2D eigenvalue weighted by Crippen LogP contribution is 2.34. The van der Waals surface area contributed by atoms with Crippen LogP contribution >= 0.6 is 0 Å². The van der Waals surface area contributed by atoms with E-state index < -0.39 is 0 Å². The Balaban J connectivity index is 1.68. The van der Waals surface area contributed by atoms with E-state index in [1.165, 1.54) is 11.1 Å². The molecule has 0 radical (unpaired) electrons. The Morgan fingerprint density at radius 2 is 1.77 bits per heavy atom. The molecule has 2 aromatic rings. The maximum atomic E-state index is 5.74. The molecule has 4 heteroatoms. The molecule has 0 amide bonds. The SMILES string of the molecule is COc1ccc(CNC2CCOc3cc(OC)ccc32)cc1. The van der Waals surface area contributed by atoms with E-state index in [-0.39, 0.29) is 0 Å². The van der Waals surface area contributed by atoms with Gasteiger partial charge < -0.3 is 19.5 Å². The van der Waals surface area contributed by atoms with Crippen molar-refractivity contribution < 1.29 is 14.2 Å². The fourth-order valence-electron chi connectivity index (χ4n) is 2.69. The lowest BCUT2D eigenvalue weighted by molar-refractivity contribution is 0.250. The molecule has 0 saturated heterocycles. The molecular formula is C18H21NO3. The molecule has 0 fully saturated rings. The lowest BCUT2D eigenvalue weighted by atomic mass is 10.00. The number of hydrogen-bond acceptors (Lipinski definition) is 4. The predicted molar refractivity (Wildman–Crippen MR) is 85.7 cm³/mol. The summed E-state index contributed by atoms with van der Waals surface area (Å²) in [6, 6.07) is 14.5. The van der Waals surface area contributed by atoms with Crippen LogP contribution in [0, 0.1) is 0 Å². The van der Waals surface area contributed by atoms with Gasteiger partial charge in [-0.05, 0) is 23.8 Å². The van der Waals surface area contributed by atoms with Gasteiger partial charge in [0.25, 0.3) is 0 Å². The molecule has 22 heavy (non-hydrogen) atoms. The lowest BCUT2D eigenvalue weighted by Crippen LogP contribution is -2.26. The summed E-state index contributed by atoms with van der Waals surface area (Å²) in [6.45, 7) is 1.54. The van der Waals surface area contributed by atoms with Gasteiger partial charge in [0.2, 0.25) is 0 Å². The van der Waals surface area contributed by atoms with Crippen LogP contribution in [0.5, 0.6) is 17.2 Å². The lowest BCUT2D eigenvalue weighted by Gasteiger charge is -2.27. The molecule has 1 aliphatic rings. The van der Waals surface area contributed by atoms with Crippen molar-refractivity contribution in [1.29, 1.82) is 0 Å². The van der Waals surface area contributed by atoms with Crippen LogP contribution in [0.25, 0.3) is 0 Å². The number of benzene rings is 2. The Morgan fingerprint density at radius 1 is 1.05 bits per heavy atom. The molecule has 0 bridgehead atoms. The third-order valence-corrected chi connectivity index (χ3v) is 3.97. The van der Waals surface area contributed by atoms with Crippen LogP contribution < -0.4 is 19.5 Å². The first-order valence-electron chi connectivity index (χ1n) is 7.47. The summed E-state index contributed by atoms with van der Waals surface area (Å²) in [7, 11) is 3.35. The zero-order valence-electron chi connectivity index (χ0n) is 13.0. The van der Waals surface area contributed by atoms with Crippen LogP contribution in [-0.2, 0) is 6.54 Å². The van der Waals surface area contributed by atoms with E-state index in [2.05, 4.69) is 23.5 Å². The third-order valence-electron chi connectivity index (χ3n) is 3.97. The fraction of sp³-hybridized carbons (Fsp3) is 0.333. The average Bonchev–Trinajstić information content (AvgIpc) is 2.59. The molecule has 0 spiro atoms. The molecule has 4 nitrogen and oxygen atoms in total. The van der Waals surface area contributed by atoms with Crippen LogP contribution in [-0.4, -0.2) is 20.8 Å². The smallest absolute Gasteiger partial charge is 0.127 e. The van der Waals surface area contributed by atoms with Gasteiger partial charge in [0.1, 0.15) is 17.2 Å². The van der Waals surface area contributed by atoms with E-state index >= 15 is 0 Å². The first kappa shape index (κ1) is 14.7. The Labute approximate surface area is 131 Å². The molecule has 2 aromatic carbocycles. The number of nitrogens with one attached hydrogen (secondary N) is 1. The number of ether oxygens (including phenoxy) is 3. The van der Waals surface area contributed by atoms with Crippen molar-refractivity contribution >= 4 is 0 Å². The molecule has 1 N–H and O–H groups in total. The van der Waals surface area contributed by atoms with Crippen LogP contribution in [0.1, 0.15) is 23.6 Å². The maximum Gasteiger partial charge on any atom is 0.127 e. The molecule has 1 atom stereocenters. The molecule has 0 aliphatic carbocycles. The number of hydrogen-bond donors (Lipinski definition) is 1. The van der Waals surface area contributed by atoms with E-state index in [0.29, 0.717) is 6.04 Å². The van der Waals surface area contributed by atoms with Gasteiger partial charge in [-0.15, -0.1) is 0 Å². The summed E-state index contributed by atoms with van der Waals surface area (Å²) >= 11 is 0. The molecule has 116 valence electrons. The normalized spacial score (nSPS) is 16.5. The zero-order chi connectivity index (χ0) is 15.4.